The van der Waals surface area contributed by atoms with Crippen LogP contribution in [-0.4, -0.2) is 59.3 Å². The van der Waals surface area contributed by atoms with Crippen LogP contribution in [0.4, 0.5) is 13.2 Å². The third kappa shape index (κ3) is 6.50. The van der Waals surface area contributed by atoms with Gasteiger partial charge in [0.05, 0.1) is 17.1 Å². The summed E-state index contributed by atoms with van der Waals surface area (Å²) < 4.78 is 37.5. The summed E-state index contributed by atoms with van der Waals surface area (Å²) in [6, 6.07) is 9.25. The Morgan fingerprint density at radius 2 is 1.97 bits per heavy atom. The summed E-state index contributed by atoms with van der Waals surface area (Å²) in [6.45, 7) is 1.17. The number of para-hydroxylation sites is 1. The Labute approximate surface area is 176 Å². The van der Waals surface area contributed by atoms with E-state index in [0.717, 1.165) is 25.7 Å². The Balaban J connectivity index is 0.000000396. The monoisotopic (exact) mass is 447 g/mol. The predicted molar refractivity (Wildman–Crippen MR) is 101 cm³/mol. The molecule has 2 N–H and O–H groups in total. The average molecular weight is 448 g/mol. The van der Waals surface area contributed by atoms with Crippen molar-refractivity contribution in [2.75, 3.05) is 13.2 Å². The maximum atomic E-state index is 12.5. The molecule has 7 nitrogen and oxygen atoms in total. The number of hydrogen-bond donors (Lipinski definition) is 2. The van der Waals surface area contributed by atoms with Crippen LogP contribution in [0.15, 0.2) is 24.3 Å². The van der Waals surface area contributed by atoms with Gasteiger partial charge in [0.2, 0.25) is 5.91 Å². The average Bonchev–Trinajstić information content (AvgIpc) is 3.36. The minimum absolute atomic E-state index is 0.0503. The first-order chi connectivity index (χ1) is 14.1. The molecule has 1 amide bonds. The number of carboxylic acid groups (broad SMARTS) is 1. The number of nitrogens with one attached hydrogen (secondary N) is 1. The molecule has 0 unspecified atom stereocenters. The number of rotatable bonds is 4. The lowest BCUT2D eigenvalue weighted by Crippen LogP contribution is -2.47. The molecule has 2 saturated heterocycles. The summed E-state index contributed by atoms with van der Waals surface area (Å²) in [5.74, 6) is -2.04. The predicted octanol–water partition coefficient (Wildman–Crippen LogP) is 2.99. The van der Waals surface area contributed by atoms with Crippen LogP contribution in [0.2, 0.25) is 5.02 Å². The van der Waals surface area contributed by atoms with Gasteiger partial charge < -0.3 is 14.7 Å². The van der Waals surface area contributed by atoms with Gasteiger partial charge in [-0.3, -0.25) is 10.1 Å². The van der Waals surface area contributed by atoms with Crippen molar-refractivity contribution in [1.82, 2.24) is 10.2 Å². The number of likely N-dealkylation sites (tertiary alicyclic amines) is 1. The number of carboxylic acids is 1. The fraction of sp³-hybridized carbons (Fsp3) is 0.526. The highest BCUT2D eigenvalue weighted by Crippen LogP contribution is 2.25. The first kappa shape index (κ1) is 23.8. The molecule has 0 saturated carbocycles. The van der Waals surface area contributed by atoms with E-state index in [1.807, 2.05) is 18.2 Å². The standard InChI is InChI=1S/C17H20ClN3O2.C2HF3O2/c18-14-5-1-2-6-16(14)23-11-12-7-8-15(20-12)17(22)21-9-3-4-13(21)10-19;3-2(4,5)1(6)7/h1-2,5-6,12-13,15,20H,3-4,7-9,11H2;(H,6,7)/t12-,13+,15+;/m1./s1. The van der Waals surface area contributed by atoms with Crippen LogP contribution >= 0.6 is 11.6 Å². The molecule has 2 fully saturated rings. The quantitative estimate of drug-likeness (QED) is 0.735. The van der Waals surface area contributed by atoms with Crippen LogP contribution in [0.3, 0.4) is 0 Å². The molecular weight excluding hydrogens is 427 g/mol. The highest BCUT2D eigenvalue weighted by atomic mass is 35.5. The molecule has 1 aromatic rings. The Morgan fingerprint density at radius 1 is 1.30 bits per heavy atom. The molecule has 3 atom stereocenters. The van der Waals surface area contributed by atoms with E-state index in [1.54, 1.807) is 11.0 Å². The highest BCUT2D eigenvalue weighted by molar-refractivity contribution is 6.32. The number of aliphatic carboxylic acids is 1. The van der Waals surface area contributed by atoms with Crippen LogP contribution in [0, 0.1) is 11.3 Å². The van der Waals surface area contributed by atoms with Crippen LogP contribution in [0.25, 0.3) is 0 Å². The van der Waals surface area contributed by atoms with Crippen molar-refractivity contribution in [2.45, 2.75) is 50.0 Å². The largest absolute Gasteiger partial charge is 0.490 e. The van der Waals surface area contributed by atoms with E-state index in [9.17, 15) is 18.0 Å². The normalized spacial score (nSPS) is 23.3. The van der Waals surface area contributed by atoms with E-state index < -0.39 is 12.1 Å². The Kier molecular flexibility index (Phi) is 8.32. The van der Waals surface area contributed by atoms with Gasteiger partial charge in [-0.05, 0) is 37.8 Å². The third-order valence-corrected chi connectivity index (χ3v) is 5.06. The first-order valence-corrected chi connectivity index (χ1v) is 9.65. The van der Waals surface area contributed by atoms with Crippen LogP contribution in [0.1, 0.15) is 25.7 Å². The number of carbonyl (C=O) groups is 2. The van der Waals surface area contributed by atoms with E-state index in [0.29, 0.717) is 23.9 Å². The number of nitrogens with zero attached hydrogens (tertiary/aromatic N) is 2. The maximum Gasteiger partial charge on any atom is 0.490 e. The van der Waals surface area contributed by atoms with E-state index in [4.69, 9.17) is 31.5 Å². The summed E-state index contributed by atoms with van der Waals surface area (Å²) in [7, 11) is 0. The molecule has 3 rings (SSSR count). The SMILES string of the molecule is N#C[C@@H]1CCCN1C(=O)[C@@H]1CC[C@H](COc2ccccc2Cl)N1.O=C(O)C(F)(F)F. The zero-order valence-corrected chi connectivity index (χ0v) is 16.6. The Bertz CT molecular complexity index is 800. The number of benzene rings is 1. The van der Waals surface area contributed by atoms with Gasteiger partial charge in [-0.1, -0.05) is 23.7 Å². The summed E-state index contributed by atoms with van der Waals surface area (Å²) >= 11 is 6.07. The van der Waals surface area contributed by atoms with E-state index in [2.05, 4.69) is 11.4 Å². The van der Waals surface area contributed by atoms with Gasteiger partial charge in [0.25, 0.3) is 0 Å². The van der Waals surface area contributed by atoms with Crippen molar-refractivity contribution in [3.05, 3.63) is 29.3 Å². The molecule has 1 aromatic carbocycles. The number of halogens is 4. The molecule has 11 heteroatoms. The zero-order chi connectivity index (χ0) is 22.3. The first-order valence-electron chi connectivity index (χ1n) is 9.27. The zero-order valence-electron chi connectivity index (χ0n) is 15.9. The van der Waals surface area contributed by atoms with Gasteiger partial charge in [0, 0.05) is 12.6 Å². The van der Waals surface area contributed by atoms with Crippen LogP contribution < -0.4 is 10.1 Å². The number of hydrogen-bond acceptors (Lipinski definition) is 5. The van der Waals surface area contributed by atoms with Crippen molar-refractivity contribution in [3.8, 4) is 11.8 Å². The molecule has 164 valence electrons. The van der Waals surface area contributed by atoms with Crippen molar-refractivity contribution in [2.24, 2.45) is 0 Å². The smallest absolute Gasteiger partial charge is 0.490 e. The molecule has 0 bridgehead atoms. The second-order valence-electron chi connectivity index (χ2n) is 6.86. The lowest BCUT2D eigenvalue weighted by molar-refractivity contribution is -0.192. The van der Waals surface area contributed by atoms with Crippen molar-refractivity contribution in [3.63, 3.8) is 0 Å². The van der Waals surface area contributed by atoms with E-state index in [1.165, 1.54) is 0 Å². The summed E-state index contributed by atoms with van der Waals surface area (Å²) in [4.78, 5) is 23.2. The molecule has 30 heavy (non-hydrogen) atoms. The number of alkyl halides is 3. The fourth-order valence-corrected chi connectivity index (χ4v) is 3.45. The van der Waals surface area contributed by atoms with Gasteiger partial charge in [-0.25, -0.2) is 4.79 Å². The number of amides is 1. The van der Waals surface area contributed by atoms with Gasteiger partial charge >= 0.3 is 12.1 Å². The molecule has 2 aliphatic heterocycles. The number of nitriles is 1. The van der Waals surface area contributed by atoms with Crippen LogP contribution in [0.5, 0.6) is 5.75 Å². The van der Waals surface area contributed by atoms with Gasteiger partial charge in [0.15, 0.2) is 0 Å². The summed E-state index contributed by atoms with van der Waals surface area (Å²) in [6.07, 6.45) is -1.72. The molecule has 0 spiro atoms. The van der Waals surface area contributed by atoms with E-state index >= 15 is 0 Å². The topological polar surface area (TPSA) is 103 Å². The highest BCUT2D eigenvalue weighted by Gasteiger charge is 2.38. The van der Waals surface area contributed by atoms with Gasteiger partial charge in [0.1, 0.15) is 18.4 Å². The minimum Gasteiger partial charge on any atom is -0.490 e. The second kappa shape index (κ2) is 10.5. The van der Waals surface area contributed by atoms with Crippen molar-refractivity contribution >= 4 is 23.5 Å². The Morgan fingerprint density at radius 3 is 2.57 bits per heavy atom. The lowest BCUT2D eigenvalue weighted by atomic mass is 10.1. The summed E-state index contributed by atoms with van der Waals surface area (Å²) in [5.41, 5.74) is 0. The molecule has 0 radical (unpaired) electrons. The third-order valence-electron chi connectivity index (χ3n) is 4.74. The van der Waals surface area contributed by atoms with E-state index in [-0.39, 0.29) is 24.0 Å². The fourth-order valence-electron chi connectivity index (χ4n) is 3.26. The number of carbonyl (C=O) groups excluding carboxylic acids is 1. The molecule has 0 aliphatic carbocycles. The lowest BCUT2D eigenvalue weighted by Gasteiger charge is -2.24. The van der Waals surface area contributed by atoms with Crippen molar-refractivity contribution in [1.29, 1.82) is 5.26 Å². The Hall–Kier alpha value is -2.51. The molecule has 2 heterocycles. The molecule has 2 aliphatic rings. The summed E-state index contributed by atoms with van der Waals surface area (Å²) in [5, 5.41) is 20.2. The number of ether oxygens (including phenoxy) is 1. The second-order valence-corrected chi connectivity index (χ2v) is 7.26. The molecular formula is C19H21ClF3N3O4. The van der Waals surface area contributed by atoms with Crippen LogP contribution in [-0.2, 0) is 9.59 Å². The minimum atomic E-state index is -5.08. The maximum absolute atomic E-state index is 12.5. The van der Waals surface area contributed by atoms with Gasteiger partial charge in [-0.15, -0.1) is 0 Å². The molecule has 0 aromatic heterocycles. The van der Waals surface area contributed by atoms with Gasteiger partial charge in [-0.2, -0.15) is 18.4 Å². The van der Waals surface area contributed by atoms with Crippen molar-refractivity contribution < 1.29 is 32.6 Å².